The van der Waals surface area contributed by atoms with E-state index in [1.54, 1.807) is 23.1 Å². The average Bonchev–Trinajstić information content (AvgIpc) is 2.37. The maximum atomic E-state index is 12.2. The van der Waals surface area contributed by atoms with Crippen molar-refractivity contribution in [3.63, 3.8) is 0 Å². The van der Waals surface area contributed by atoms with Crippen LogP contribution in [0.2, 0.25) is 5.02 Å². The second-order valence-electron chi connectivity index (χ2n) is 4.00. The van der Waals surface area contributed by atoms with Gasteiger partial charge in [0, 0.05) is 23.1 Å². The van der Waals surface area contributed by atoms with Crippen molar-refractivity contribution in [3.05, 3.63) is 33.3 Å². The van der Waals surface area contributed by atoms with Gasteiger partial charge in [0.1, 0.15) is 0 Å². The minimum atomic E-state index is -0.0908. The van der Waals surface area contributed by atoms with Gasteiger partial charge >= 0.3 is 0 Å². The van der Waals surface area contributed by atoms with Gasteiger partial charge in [0.25, 0.3) is 5.91 Å². The number of nitrogens with zero attached hydrogens (tertiary/aromatic N) is 1. The third-order valence-electron chi connectivity index (χ3n) is 2.61. The molecule has 0 aliphatic heterocycles. The fraction of sp³-hybridized carbons (Fsp3) is 0.462. The lowest BCUT2D eigenvalue weighted by Crippen LogP contribution is -2.34. The number of carbonyl (C=O) groups excluding carboxylic acids is 1. The van der Waals surface area contributed by atoms with Gasteiger partial charge in [0.2, 0.25) is 0 Å². The van der Waals surface area contributed by atoms with E-state index in [1.807, 2.05) is 0 Å². The number of aliphatic hydroxyl groups is 1. The number of carbonyl (C=O) groups is 1. The zero-order valence-electron chi connectivity index (χ0n) is 10.3. The molecule has 0 aliphatic rings. The number of rotatable bonds is 6. The monoisotopic (exact) mass is 333 g/mol. The molecule has 1 rings (SSSR count). The van der Waals surface area contributed by atoms with Gasteiger partial charge in [0.15, 0.2) is 0 Å². The highest BCUT2D eigenvalue weighted by atomic mass is 79.9. The molecular formula is C13H17BrClNO2. The molecule has 0 heterocycles. The van der Waals surface area contributed by atoms with E-state index in [0.717, 1.165) is 17.3 Å². The molecule has 100 valence electrons. The van der Waals surface area contributed by atoms with Crippen molar-refractivity contribution in [3.8, 4) is 0 Å². The number of hydrogen-bond acceptors (Lipinski definition) is 2. The van der Waals surface area contributed by atoms with Gasteiger partial charge in [-0.15, -0.1) is 0 Å². The summed E-state index contributed by atoms with van der Waals surface area (Å²) in [5.74, 6) is -0.0908. The number of amides is 1. The zero-order chi connectivity index (χ0) is 13.5. The molecule has 18 heavy (non-hydrogen) atoms. The van der Waals surface area contributed by atoms with Crippen molar-refractivity contribution in [1.29, 1.82) is 0 Å². The Morgan fingerprint density at radius 2 is 2.17 bits per heavy atom. The Morgan fingerprint density at radius 1 is 1.44 bits per heavy atom. The van der Waals surface area contributed by atoms with Gasteiger partial charge < -0.3 is 10.0 Å². The SMILES string of the molecule is CCCCN(CCO)C(=O)c1ccc(Br)c(Cl)c1. The molecule has 0 unspecified atom stereocenters. The molecule has 0 aliphatic carbocycles. The Labute approximate surface area is 121 Å². The summed E-state index contributed by atoms with van der Waals surface area (Å²) < 4.78 is 0.767. The van der Waals surface area contributed by atoms with Crippen LogP contribution in [-0.2, 0) is 0 Å². The Morgan fingerprint density at radius 3 is 2.72 bits per heavy atom. The predicted octanol–water partition coefficient (Wildman–Crippen LogP) is 3.34. The smallest absolute Gasteiger partial charge is 0.253 e. The Balaban J connectivity index is 2.83. The number of halogens is 2. The van der Waals surface area contributed by atoms with Gasteiger partial charge in [0.05, 0.1) is 11.6 Å². The van der Waals surface area contributed by atoms with E-state index in [-0.39, 0.29) is 12.5 Å². The lowest BCUT2D eigenvalue weighted by molar-refractivity contribution is 0.0719. The van der Waals surface area contributed by atoms with Crippen LogP contribution in [0.3, 0.4) is 0 Å². The molecule has 0 radical (unpaired) electrons. The van der Waals surface area contributed by atoms with Gasteiger partial charge in [-0.1, -0.05) is 24.9 Å². The third-order valence-corrected chi connectivity index (χ3v) is 3.84. The van der Waals surface area contributed by atoms with Crippen LogP contribution in [-0.4, -0.2) is 35.6 Å². The Hall–Kier alpha value is -0.580. The maximum absolute atomic E-state index is 12.2. The van der Waals surface area contributed by atoms with E-state index in [1.165, 1.54) is 0 Å². The second-order valence-corrected chi connectivity index (χ2v) is 5.26. The topological polar surface area (TPSA) is 40.5 Å². The predicted molar refractivity (Wildman–Crippen MR) is 77.0 cm³/mol. The van der Waals surface area contributed by atoms with Gasteiger partial charge in [-0.3, -0.25) is 4.79 Å². The molecule has 1 amide bonds. The van der Waals surface area contributed by atoms with E-state index < -0.39 is 0 Å². The van der Waals surface area contributed by atoms with Crippen molar-refractivity contribution in [2.45, 2.75) is 19.8 Å². The molecule has 0 spiro atoms. The highest BCUT2D eigenvalue weighted by Gasteiger charge is 2.15. The molecule has 0 fully saturated rings. The molecule has 0 saturated heterocycles. The lowest BCUT2D eigenvalue weighted by Gasteiger charge is -2.21. The van der Waals surface area contributed by atoms with Crippen LogP contribution in [0.25, 0.3) is 0 Å². The third kappa shape index (κ3) is 4.26. The second kappa shape index (κ2) is 7.77. The summed E-state index contributed by atoms with van der Waals surface area (Å²) in [6, 6.07) is 5.13. The van der Waals surface area contributed by atoms with Crippen LogP contribution in [0.4, 0.5) is 0 Å². The lowest BCUT2D eigenvalue weighted by atomic mass is 10.2. The molecule has 1 aromatic rings. The van der Waals surface area contributed by atoms with Crippen LogP contribution in [0.15, 0.2) is 22.7 Å². The molecule has 1 aromatic carbocycles. The van der Waals surface area contributed by atoms with Crippen molar-refractivity contribution < 1.29 is 9.90 Å². The van der Waals surface area contributed by atoms with E-state index >= 15 is 0 Å². The Bertz CT molecular complexity index is 412. The van der Waals surface area contributed by atoms with Gasteiger partial charge in [-0.2, -0.15) is 0 Å². The first-order chi connectivity index (χ1) is 8.60. The molecule has 0 atom stereocenters. The minimum absolute atomic E-state index is 0.0281. The minimum Gasteiger partial charge on any atom is -0.395 e. The van der Waals surface area contributed by atoms with E-state index in [9.17, 15) is 4.79 Å². The number of aliphatic hydroxyl groups excluding tert-OH is 1. The number of benzene rings is 1. The quantitative estimate of drug-likeness (QED) is 0.867. The fourth-order valence-corrected chi connectivity index (χ4v) is 2.02. The summed E-state index contributed by atoms with van der Waals surface area (Å²) in [6.07, 6.45) is 1.94. The molecular weight excluding hydrogens is 318 g/mol. The van der Waals surface area contributed by atoms with Gasteiger partial charge in [-0.25, -0.2) is 0 Å². The summed E-state index contributed by atoms with van der Waals surface area (Å²) in [6.45, 7) is 3.05. The highest BCUT2D eigenvalue weighted by molar-refractivity contribution is 9.10. The standard InChI is InChI=1S/C13H17BrClNO2/c1-2-3-6-16(7-8-17)13(18)10-4-5-11(14)12(15)9-10/h4-5,9,17H,2-3,6-8H2,1H3. The van der Waals surface area contributed by atoms with Crippen LogP contribution in [0.1, 0.15) is 30.1 Å². The van der Waals surface area contributed by atoms with Crippen LogP contribution in [0, 0.1) is 0 Å². The van der Waals surface area contributed by atoms with E-state index in [4.69, 9.17) is 16.7 Å². The van der Waals surface area contributed by atoms with E-state index in [2.05, 4.69) is 22.9 Å². The first kappa shape index (κ1) is 15.5. The van der Waals surface area contributed by atoms with Crippen molar-refractivity contribution in [2.75, 3.05) is 19.7 Å². The first-order valence-electron chi connectivity index (χ1n) is 5.95. The molecule has 1 N–H and O–H groups in total. The summed E-state index contributed by atoms with van der Waals surface area (Å²) in [7, 11) is 0. The van der Waals surface area contributed by atoms with Gasteiger partial charge in [-0.05, 0) is 40.5 Å². The fourth-order valence-electron chi connectivity index (χ4n) is 1.60. The molecule has 3 nitrogen and oxygen atoms in total. The summed E-state index contributed by atoms with van der Waals surface area (Å²) >= 11 is 9.27. The molecule has 5 heteroatoms. The van der Waals surface area contributed by atoms with Crippen molar-refractivity contribution in [1.82, 2.24) is 4.90 Å². The van der Waals surface area contributed by atoms with Crippen molar-refractivity contribution >= 4 is 33.4 Å². The zero-order valence-corrected chi connectivity index (χ0v) is 12.7. The molecule has 0 aromatic heterocycles. The summed E-state index contributed by atoms with van der Waals surface area (Å²) in [4.78, 5) is 13.9. The summed E-state index contributed by atoms with van der Waals surface area (Å²) in [5, 5.41) is 9.52. The highest BCUT2D eigenvalue weighted by Crippen LogP contribution is 2.23. The molecule has 0 saturated carbocycles. The maximum Gasteiger partial charge on any atom is 0.253 e. The van der Waals surface area contributed by atoms with Crippen LogP contribution in [0.5, 0.6) is 0 Å². The van der Waals surface area contributed by atoms with Crippen molar-refractivity contribution in [2.24, 2.45) is 0 Å². The van der Waals surface area contributed by atoms with Crippen LogP contribution >= 0.6 is 27.5 Å². The number of unbranched alkanes of at least 4 members (excludes halogenated alkanes) is 1. The summed E-state index contributed by atoms with van der Waals surface area (Å²) in [5.41, 5.74) is 0.549. The Kier molecular flexibility index (Phi) is 6.68. The van der Waals surface area contributed by atoms with E-state index in [0.29, 0.717) is 23.7 Å². The van der Waals surface area contributed by atoms with Crippen LogP contribution < -0.4 is 0 Å². The largest absolute Gasteiger partial charge is 0.395 e. The average molecular weight is 335 g/mol. The number of hydrogen-bond donors (Lipinski definition) is 1. The molecule has 0 bridgehead atoms. The normalized spacial score (nSPS) is 10.4. The first-order valence-corrected chi connectivity index (χ1v) is 7.12.